The molecule has 3 rings (SSSR count). The molecule has 1 atom stereocenters. The normalized spacial score (nSPS) is 12.6. The van der Waals surface area contributed by atoms with Gasteiger partial charge in [-0.3, -0.25) is 4.68 Å². The molecule has 1 aromatic carbocycles. The highest BCUT2D eigenvalue weighted by atomic mass is 15.3. The highest BCUT2D eigenvalue weighted by molar-refractivity contribution is 5.86. The van der Waals surface area contributed by atoms with E-state index in [1.54, 1.807) is 11.0 Å². The van der Waals surface area contributed by atoms with Crippen molar-refractivity contribution in [1.29, 1.82) is 0 Å². The van der Waals surface area contributed by atoms with Crippen LogP contribution in [0.4, 0.5) is 5.82 Å². The van der Waals surface area contributed by atoms with Crippen molar-refractivity contribution in [2.45, 2.75) is 19.9 Å². The molecule has 0 aliphatic carbocycles. The Hall–Kier alpha value is -2.43. The number of nitrogens with zero attached hydrogens (tertiary/aromatic N) is 5. The second kappa shape index (κ2) is 5.16. The highest BCUT2D eigenvalue weighted by Crippen LogP contribution is 2.28. The summed E-state index contributed by atoms with van der Waals surface area (Å²) in [5.74, 6) is 0.904. The average molecular weight is 281 g/mol. The molecule has 0 unspecified atom stereocenters. The second-order valence-corrected chi connectivity index (χ2v) is 5.40. The third-order valence-corrected chi connectivity index (χ3v) is 3.98. The van der Waals surface area contributed by atoms with Gasteiger partial charge in [0.1, 0.15) is 12.1 Å². The molecular formula is C16H19N5. The second-order valence-electron chi connectivity index (χ2n) is 5.40. The summed E-state index contributed by atoms with van der Waals surface area (Å²) in [6.07, 6.45) is 3.42. The Kier molecular flexibility index (Phi) is 3.33. The minimum absolute atomic E-state index is 0.226. The molecule has 0 saturated carbocycles. The lowest BCUT2D eigenvalue weighted by Crippen LogP contribution is -2.23. The van der Waals surface area contributed by atoms with Crippen molar-refractivity contribution in [2.24, 2.45) is 7.05 Å². The van der Waals surface area contributed by atoms with Crippen LogP contribution in [0.25, 0.3) is 11.0 Å². The van der Waals surface area contributed by atoms with E-state index in [-0.39, 0.29) is 6.04 Å². The first-order valence-corrected chi connectivity index (χ1v) is 7.00. The molecule has 0 aliphatic heterocycles. The molecule has 0 amide bonds. The number of aromatic nitrogens is 4. The van der Waals surface area contributed by atoms with Gasteiger partial charge in [0, 0.05) is 14.1 Å². The van der Waals surface area contributed by atoms with E-state index in [0.29, 0.717) is 0 Å². The zero-order chi connectivity index (χ0) is 15.0. The largest absolute Gasteiger partial charge is 0.352 e. The molecule has 5 heteroatoms. The standard InChI is InChI=1S/C16H19N5/c1-11-5-7-13(8-6-11)12(2)20(3)15-14-9-19-21(4)16(14)18-10-17-15/h5-10,12H,1-4H3/t12-/m0/s1. The monoisotopic (exact) mass is 281 g/mol. The van der Waals surface area contributed by atoms with Crippen LogP contribution in [0.5, 0.6) is 0 Å². The van der Waals surface area contributed by atoms with Gasteiger partial charge in [-0.25, -0.2) is 9.97 Å². The van der Waals surface area contributed by atoms with E-state index in [1.807, 2.05) is 13.2 Å². The van der Waals surface area contributed by atoms with E-state index < -0.39 is 0 Å². The van der Waals surface area contributed by atoms with Crippen molar-refractivity contribution in [3.8, 4) is 0 Å². The third kappa shape index (κ3) is 2.35. The Morgan fingerprint density at radius 2 is 1.86 bits per heavy atom. The van der Waals surface area contributed by atoms with Crippen LogP contribution in [0.1, 0.15) is 24.1 Å². The first-order valence-electron chi connectivity index (χ1n) is 7.00. The van der Waals surface area contributed by atoms with Gasteiger partial charge in [0.05, 0.1) is 17.6 Å². The van der Waals surface area contributed by atoms with E-state index in [9.17, 15) is 0 Å². The predicted molar refractivity (Wildman–Crippen MR) is 84.3 cm³/mol. The fraction of sp³-hybridized carbons (Fsp3) is 0.312. The lowest BCUT2D eigenvalue weighted by molar-refractivity contribution is 0.730. The minimum atomic E-state index is 0.226. The molecule has 0 aliphatic rings. The summed E-state index contributed by atoms with van der Waals surface area (Å²) in [6, 6.07) is 8.83. The van der Waals surface area contributed by atoms with Crippen molar-refractivity contribution in [2.75, 3.05) is 11.9 Å². The van der Waals surface area contributed by atoms with Gasteiger partial charge in [-0.2, -0.15) is 5.10 Å². The lowest BCUT2D eigenvalue weighted by atomic mass is 10.1. The Labute approximate surface area is 124 Å². The molecule has 0 N–H and O–H groups in total. The highest BCUT2D eigenvalue weighted by Gasteiger charge is 2.17. The lowest BCUT2D eigenvalue weighted by Gasteiger charge is -2.26. The van der Waals surface area contributed by atoms with E-state index >= 15 is 0 Å². The van der Waals surface area contributed by atoms with Crippen LogP contribution in [0.2, 0.25) is 0 Å². The predicted octanol–water partition coefficient (Wildman–Crippen LogP) is 2.87. The number of fused-ring (bicyclic) bond motifs is 1. The van der Waals surface area contributed by atoms with Crippen LogP contribution >= 0.6 is 0 Å². The quantitative estimate of drug-likeness (QED) is 0.740. The van der Waals surface area contributed by atoms with Crippen molar-refractivity contribution >= 4 is 16.9 Å². The SMILES string of the molecule is Cc1ccc([C@H](C)N(C)c2ncnc3c2cnn3C)cc1. The molecule has 0 spiro atoms. The van der Waals surface area contributed by atoms with E-state index in [2.05, 4.69) is 65.1 Å². The van der Waals surface area contributed by atoms with Gasteiger partial charge in [0.15, 0.2) is 5.65 Å². The fourth-order valence-corrected chi connectivity index (χ4v) is 2.48. The number of aryl methyl sites for hydroxylation is 2. The van der Waals surface area contributed by atoms with Crippen LogP contribution < -0.4 is 4.90 Å². The van der Waals surface area contributed by atoms with Gasteiger partial charge in [-0.15, -0.1) is 0 Å². The number of rotatable bonds is 3. The van der Waals surface area contributed by atoms with Crippen molar-refractivity contribution < 1.29 is 0 Å². The molecule has 5 nitrogen and oxygen atoms in total. The Bertz CT molecular complexity index is 760. The summed E-state index contributed by atoms with van der Waals surface area (Å²) in [4.78, 5) is 10.9. The summed E-state index contributed by atoms with van der Waals surface area (Å²) in [5.41, 5.74) is 3.38. The minimum Gasteiger partial charge on any atom is -0.352 e. The summed E-state index contributed by atoms with van der Waals surface area (Å²) < 4.78 is 1.77. The maximum atomic E-state index is 4.45. The molecule has 0 saturated heterocycles. The van der Waals surface area contributed by atoms with Crippen LogP contribution in [0, 0.1) is 6.92 Å². The zero-order valence-electron chi connectivity index (χ0n) is 12.8. The van der Waals surface area contributed by atoms with Crippen LogP contribution in [-0.2, 0) is 7.05 Å². The Morgan fingerprint density at radius 3 is 2.57 bits per heavy atom. The smallest absolute Gasteiger partial charge is 0.163 e. The van der Waals surface area contributed by atoms with E-state index in [0.717, 1.165) is 16.9 Å². The summed E-state index contributed by atoms with van der Waals surface area (Å²) >= 11 is 0. The molecular weight excluding hydrogens is 262 g/mol. The molecule has 108 valence electrons. The number of hydrogen-bond acceptors (Lipinski definition) is 4. The van der Waals surface area contributed by atoms with Gasteiger partial charge >= 0.3 is 0 Å². The summed E-state index contributed by atoms with van der Waals surface area (Å²) in [5, 5.41) is 5.24. The number of anilines is 1. The molecule has 3 aromatic rings. The van der Waals surface area contributed by atoms with E-state index in [4.69, 9.17) is 0 Å². The molecule has 2 aromatic heterocycles. The van der Waals surface area contributed by atoms with Gasteiger partial charge in [0.2, 0.25) is 0 Å². The molecule has 0 bridgehead atoms. The van der Waals surface area contributed by atoms with Crippen molar-refractivity contribution in [3.63, 3.8) is 0 Å². The van der Waals surface area contributed by atoms with E-state index in [1.165, 1.54) is 11.1 Å². The third-order valence-electron chi connectivity index (χ3n) is 3.98. The number of benzene rings is 1. The number of hydrogen-bond donors (Lipinski definition) is 0. The zero-order valence-corrected chi connectivity index (χ0v) is 12.8. The van der Waals surface area contributed by atoms with Gasteiger partial charge in [-0.1, -0.05) is 29.8 Å². The van der Waals surface area contributed by atoms with Gasteiger partial charge in [-0.05, 0) is 19.4 Å². The van der Waals surface area contributed by atoms with Crippen LogP contribution in [-0.4, -0.2) is 26.8 Å². The topological polar surface area (TPSA) is 46.8 Å². The maximum absolute atomic E-state index is 4.45. The van der Waals surface area contributed by atoms with Gasteiger partial charge in [0.25, 0.3) is 0 Å². The van der Waals surface area contributed by atoms with Gasteiger partial charge < -0.3 is 4.90 Å². The average Bonchev–Trinajstić information content (AvgIpc) is 2.88. The molecule has 0 radical (unpaired) electrons. The van der Waals surface area contributed by atoms with Crippen molar-refractivity contribution in [1.82, 2.24) is 19.7 Å². The molecule has 2 heterocycles. The Balaban J connectivity index is 2.00. The van der Waals surface area contributed by atoms with Crippen molar-refractivity contribution in [3.05, 3.63) is 47.9 Å². The first kappa shape index (κ1) is 13.5. The fourth-order valence-electron chi connectivity index (χ4n) is 2.48. The van der Waals surface area contributed by atoms with Crippen LogP contribution in [0.3, 0.4) is 0 Å². The summed E-state index contributed by atoms with van der Waals surface area (Å²) in [6.45, 7) is 4.27. The molecule has 21 heavy (non-hydrogen) atoms. The Morgan fingerprint density at radius 1 is 1.14 bits per heavy atom. The maximum Gasteiger partial charge on any atom is 0.163 e. The first-order chi connectivity index (χ1) is 10.1. The molecule has 0 fully saturated rings. The summed E-state index contributed by atoms with van der Waals surface area (Å²) in [7, 11) is 3.95. The van der Waals surface area contributed by atoms with Crippen LogP contribution in [0.15, 0.2) is 36.8 Å².